The lowest BCUT2D eigenvalue weighted by molar-refractivity contribution is 1.07. The summed E-state index contributed by atoms with van der Waals surface area (Å²) in [7, 11) is 0. The van der Waals surface area contributed by atoms with Crippen LogP contribution >= 0.6 is 63.0 Å². The molecule has 0 bridgehead atoms. The highest BCUT2D eigenvalue weighted by Gasteiger charge is 2.17. The van der Waals surface area contributed by atoms with Crippen molar-refractivity contribution >= 4 is 74.0 Å². The third kappa shape index (κ3) is 3.19. The standard InChI is InChI=1S/C18H9BrCl3N3S/c19-10-3-1-9(2-4-10)12-8-25(14-6-5-11(20)7-13(14)21)16-15(12)17(26)24-18(22)23-16/h1-8H,(H,23,24,26). The van der Waals surface area contributed by atoms with Crippen LogP contribution in [0, 0.1) is 4.64 Å². The number of hydrogen-bond donors (Lipinski definition) is 1. The smallest absolute Gasteiger partial charge is 0.202 e. The molecule has 4 rings (SSSR count). The fourth-order valence-corrected chi connectivity index (χ4v) is 4.12. The molecule has 3 nitrogen and oxygen atoms in total. The maximum absolute atomic E-state index is 6.42. The van der Waals surface area contributed by atoms with E-state index in [1.165, 1.54) is 0 Å². The minimum atomic E-state index is 0.217. The van der Waals surface area contributed by atoms with Crippen LogP contribution in [0.4, 0.5) is 0 Å². The molecule has 2 aromatic heterocycles. The lowest BCUT2D eigenvalue weighted by Gasteiger charge is -2.08. The summed E-state index contributed by atoms with van der Waals surface area (Å²) in [6, 6.07) is 13.3. The fourth-order valence-electron chi connectivity index (χ4n) is 2.83. The number of fused-ring (bicyclic) bond motifs is 1. The van der Waals surface area contributed by atoms with Gasteiger partial charge >= 0.3 is 0 Å². The van der Waals surface area contributed by atoms with Gasteiger partial charge in [0.1, 0.15) is 10.3 Å². The van der Waals surface area contributed by atoms with Gasteiger partial charge in [0, 0.05) is 21.3 Å². The van der Waals surface area contributed by atoms with Crippen molar-refractivity contribution in [2.24, 2.45) is 0 Å². The van der Waals surface area contributed by atoms with E-state index in [9.17, 15) is 0 Å². The fraction of sp³-hybridized carbons (Fsp3) is 0. The molecule has 2 heterocycles. The highest BCUT2D eigenvalue weighted by atomic mass is 79.9. The molecule has 0 atom stereocenters. The summed E-state index contributed by atoms with van der Waals surface area (Å²) < 4.78 is 3.33. The molecule has 0 aliphatic heterocycles. The molecule has 26 heavy (non-hydrogen) atoms. The van der Waals surface area contributed by atoms with E-state index in [1.807, 2.05) is 41.1 Å². The van der Waals surface area contributed by atoms with E-state index >= 15 is 0 Å². The van der Waals surface area contributed by atoms with E-state index in [0.717, 1.165) is 32.3 Å². The Bertz CT molecular complexity index is 1200. The van der Waals surface area contributed by atoms with Crippen LogP contribution in [0.5, 0.6) is 0 Å². The van der Waals surface area contributed by atoms with Gasteiger partial charge in [0.25, 0.3) is 0 Å². The van der Waals surface area contributed by atoms with Gasteiger partial charge in [-0.15, -0.1) is 0 Å². The van der Waals surface area contributed by atoms with Gasteiger partial charge in [-0.25, -0.2) is 4.98 Å². The number of aromatic amines is 1. The number of hydrogen-bond acceptors (Lipinski definition) is 2. The second kappa shape index (κ2) is 6.98. The molecule has 0 radical (unpaired) electrons. The second-order valence-electron chi connectivity index (χ2n) is 5.57. The van der Waals surface area contributed by atoms with Crippen LogP contribution in [-0.2, 0) is 0 Å². The van der Waals surface area contributed by atoms with E-state index in [-0.39, 0.29) is 5.28 Å². The topological polar surface area (TPSA) is 33.6 Å². The Morgan fingerprint density at radius 2 is 1.77 bits per heavy atom. The van der Waals surface area contributed by atoms with Gasteiger partial charge in [0.05, 0.1) is 16.1 Å². The van der Waals surface area contributed by atoms with Crippen LogP contribution in [0.2, 0.25) is 15.3 Å². The van der Waals surface area contributed by atoms with Crippen LogP contribution in [0.1, 0.15) is 0 Å². The number of benzene rings is 2. The Hall–Kier alpha value is -1.37. The average molecular weight is 486 g/mol. The highest BCUT2D eigenvalue weighted by Crippen LogP contribution is 2.35. The van der Waals surface area contributed by atoms with Crippen molar-refractivity contribution < 1.29 is 0 Å². The number of halogens is 4. The normalized spacial score (nSPS) is 11.2. The zero-order chi connectivity index (χ0) is 18.4. The maximum Gasteiger partial charge on any atom is 0.202 e. The van der Waals surface area contributed by atoms with Crippen molar-refractivity contribution in [2.45, 2.75) is 0 Å². The van der Waals surface area contributed by atoms with Crippen LogP contribution in [0.3, 0.4) is 0 Å². The van der Waals surface area contributed by atoms with Gasteiger partial charge in [-0.2, -0.15) is 0 Å². The van der Waals surface area contributed by atoms with Crippen LogP contribution in [-0.4, -0.2) is 14.5 Å². The molecular formula is C18H9BrCl3N3S. The Balaban J connectivity index is 2.08. The van der Waals surface area contributed by atoms with Crippen LogP contribution in [0.15, 0.2) is 53.1 Å². The molecule has 0 unspecified atom stereocenters. The summed E-state index contributed by atoms with van der Waals surface area (Å²) in [4.78, 5) is 7.29. The summed E-state index contributed by atoms with van der Waals surface area (Å²) in [5.41, 5.74) is 3.42. The third-order valence-electron chi connectivity index (χ3n) is 3.96. The van der Waals surface area contributed by atoms with Gasteiger partial charge in [-0.05, 0) is 47.5 Å². The molecule has 0 aliphatic rings. The van der Waals surface area contributed by atoms with Crippen LogP contribution in [0.25, 0.3) is 27.8 Å². The summed E-state index contributed by atoms with van der Waals surface area (Å²) in [6.45, 7) is 0. The van der Waals surface area contributed by atoms with Crippen molar-refractivity contribution in [2.75, 3.05) is 0 Å². The number of nitrogens with one attached hydrogen (secondary N) is 1. The maximum atomic E-state index is 6.42. The number of aromatic nitrogens is 3. The summed E-state index contributed by atoms with van der Waals surface area (Å²) in [5, 5.41) is 2.10. The zero-order valence-corrected chi connectivity index (χ0v) is 17.6. The first kappa shape index (κ1) is 18.0. The molecule has 0 amide bonds. The van der Waals surface area contributed by atoms with Crippen molar-refractivity contribution in [3.8, 4) is 16.8 Å². The second-order valence-corrected chi connectivity index (χ2v) is 8.08. The molecule has 1 N–H and O–H groups in total. The van der Waals surface area contributed by atoms with E-state index < -0.39 is 0 Å². The molecule has 0 spiro atoms. The van der Waals surface area contributed by atoms with Crippen molar-refractivity contribution in [1.82, 2.24) is 14.5 Å². The molecule has 4 aromatic rings. The average Bonchev–Trinajstić information content (AvgIpc) is 2.95. The number of H-pyrrole nitrogens is 1. The molecule has 0 saturated carbocycles. The van der Waals surface area contributed by atoms with Crippen molar-refractivity contribution in [1.29, 1.82) is 0 Å². The molecule has 0 saturated heterocycles. The van der Waals surface area contributed by atoms with Gasteiger partial charge in [0.15, 0.2) is 0 Å². The minimum absolute atomic E-state index is 0.217. The van der Waals surface area contributed by atoms with Gasteiger partial charge in [0.2, 0.25) is 5.28 Å². The van der Waals surface area contributed by atoms with Crippen LogP contribution < -0.4 is 0 Å². The first-order chi connectivity index (χ1) is 12.4. The Morgan fingerprint density at radius 1 is 1.04 bits per heavy atom. The molecular weight excluding hydrogens is 477 g/mol. The number of rotatable bonds is 2. The monoisotopic (exact) mass is 483 g/mol. The molecule has 0 fully saturated rings. The predicted molar refractivity (Wildman–Crippen MR) is 114 cm³/mol. The van der Waals surface area contributed by atoms with E-state index in [2.05, 4.69) is 25.9 Å². The summed E-state index contributed by atoms with van der Waals surface area (Å²) >= 11 is 27.5. The Kier molecular flexibility index (Phi) is 4.84. The molecule has 130 valence electrons. The minimum Gasteiger partial charge on any atom is -0.316 e. The van der Waals surface area contributed by atoms with Crippen molar-refractivity contribution in [3.63, 3.8) is 0 Å². The molecule has 0 aliphatic carbocycles. The van der Waals surface area contributed by atoms with E-state index in [4.69, 9.17) is 47.0 Å². The van der Waals surface area contributed by atoms with Crippen molar-refractivity contribution in [3.05, 3.63) is 73.1 Å². The van der Waals surface area contributed by atoms with Gasteiger partial charge < -0.3 is 9.55 Å². The predicted octanol–water partition coefficient (Wildman–Crippen LogP) is 7.47. The largest absolute Gasteiger partial charge is 0.316 e. The molecule has 8 heteroatoms. The molecule has 2 aromatic carbocycles. The van der Waals surface area contributed by atoms with E-state index in [1.54, 1.807) is 12.1 Å². The highest BCUT2D eigenvalue weighted by molar-refractivity contribution is 9.10. The van der Waals surface area contributed by atoms with E-state index in [0.29, 0.717) is 14.7 Å². The Morgan fingerprint density at radius 3 is 2.46 bits per heavy atom. The first-order valence-electron chi connectivity index (χ1n) is 7.46. The quantitative estimate of drug-likeness (QED) is 0.236. The lowest BCUT2D eigenvalue weighted by atomic mass is 10.1. The summed E-state index contributed by atoms with van der Waals surface area (Å²) in [5.74, 6) is 0. The van der Waals surface area contributed by atoms with Gasteiger partial charge in [-0.1, -0.05) is 63.5 Å². The zero-order valence-electron chi connectivity index (χ0n) is 12.9. The third-order valence-corrected chi connectivity index (χ3v) is 5.51. The van der Waals surface area contributed by atoms with Gasteiger partial charge in [-0.3, -0.25) is 0 Å². The SMILES string of the molecule is S=c1nc(Cl)[nH]c2c1c(-c1ccc(Br)cc1)cn2-c1ccc(Cl)cc1Cl. The first-order valence-corrected chi connectivity index (χ1v) is 9.80. The lowest BCUT2D eigenvalue weighted by Crippen LogP contribution is -1.96. The Labute approximate surface area is 177 Å². The number of nitrogens with zero attached hydrogens (tertiary/aromatic N) is 2. The summed E-state index contributed by atoms with van der Waals surface area (Å²) in [6.07, 6.45) is 1.97.